The molecule has 1 saturated carbocycles. The van der Waals surface area contributed by atoms with Gasteiger partial charge < -0.3 is 14.9 Å². The Hall–Kier alpha value is -3.34. The van der Waals surface area contributed by atoms with E-state index in [1.807, 2.05) is 42.5 Å². The quantitative estimate of drug-likeness (QED) is 0.484. The normalized spacial score (nSPS) is 16.2. The molecule has 2 N–H and O–H groups in total. The smallest absolute Gasteiger partial charge is 0.303 e. The molecule has 5 heteroatoms. The molecule has 166 valence electrons. The minimum absolute atomic E-state index is 0.0244. The molecule has 0 aromatic heterocycles. The van der Waals surface area contributed by atoms with Gasteiger partial charge in [-0.15, -0.1) is 0 Å². The van der Waals surface area contributed by atoms with Crippen LogP contribution in [0.15, 0.2) is 60.7 Å². The summed E-state index contributed by atoms with van der Waals surface area (Å²) in [6.07, 6.45) is 6.67. The van der Waals surface area contributed by atoms with E-state index >= 15 is 0 Å². The zero-order valence-electron chi connectivity index (χ0n) is 17.9. The van der Waals surface area contributed by atoms with Crippen LogP contribution >= 0.6 is 0 Å². The fourth-order valence-corrected chi connectivity index (χ4v) is 3.67. The topological polar surface area (TPSA) is 66.8 Å². The van der Waals surface area contributed by atoms with Crippen LogP contribution < -0.4 is 4.74 Å². The number of benzene rings is 3. The van der Waals surface area contributed by atoms with E-state index in [2.05, 4.69) is 0 Å². The van der Waals surface area contributed by atoms with E-state index < -0.39 is 5.97 Å². The van der Waals surface area contributed by atoms with Gasteiger partial charge in [0.15, 0.2) is 0 Å². The van der Waals surface area contributed by atoms with E-state index in [4.69, 9.17) is 9.84 Å². The summed E-state index contributed by atoms with van der Waals surface area (Å²) in [7, 11) is 0. The van der Waals surface area contributed by atoms with Crippen LogP contribution in [-0.2, 0) is 17.6 Å². The Morgan fingerprint density at radius 1 is 1.00 bits per heavy atom. The SMILES string of the molecule is C1CC1.O=C(O)CCc1ccc2c(c1)OC(c1ccc(-c3cc(O)ccc3F)cc1)CC2. The molecule has 0 saturated heterocycles. The first-order valence-electron chi connectivity index (χ1n) is 11.1. The minimum Gasteiger partial charge on any atom is -0.508 e. The molecule has 32 heavy (non-hydrogen) atoms. The number of fused-ring (bicyclic) bond motifs is 1. The van der Waals surface area contributed by atoms with Crippen LogP contribution in [0.3, 0.4) is 0 Å². The van der Waals surface area contributed by atoms with Crippen LogP contribution in [0.4, 0.5) is 4.39 Å². The van der Waals surface area contributed by atoms with Crippen molar-refractivity contribution in [2.75, 3.05) is 0 Å². The predicted octanol–water partition coefficient (Wildman–Crippen LogP) is 6.45. The molecular weight excluding hydrogens is 407 g/mol. The number of hydrogen-bond acceptors (Lipinski definition) is 3. The van der Waals surface area contributed by atoms with Gasteiger partial charge in [0.2, 0.25) is 0 Å². The second-order valence-corrected chi connectivity index (χ2v) is 8.33. The number of carbonyl (C=O) groups is 1. The third-order valence-corrected chi connectivity index (χ3v) is 5.60. The van der Waals surface area contributed by atoms with Crippen molar-refractivity contribution in [3.8, 4) is 22.6 Å². The maximum atomic E-state index is 14.1. The lowest BCUT2D eigenvalue weighted by molar-refractivity contribution is -0.136. The average Bonchev–Trinajstić information content (AvgIpc) is 3.68. The summed E-state index contributed by atoms with van der Waals surface area (Å²) >= 11 is 0. The highest BCUT2D eigenvalue weighted by atomic mass is 19.1. The predicted molar refractivity (Wildman–Crippen MR) is 121 cm³/mol. The fraction of sp³-hybridized carbons (Fsp3) is 0.296. The minimum atomic E-state index is -0.815. The molecule has 1 atom stereocenters. The zero-order valence-corrected chi connectivity index (χ0v) is 17.9. The summed E-state index contributed by atoms with van der Waals surface area (Å²) in [4.78, 5) is 10.8. The maximum absolute atomic E-state index is 14.1. The fourth-order valence-electron chi connectivity index (χ4n) is 3.67. The van der Waals surface area contributed by atoms with Crippen molar-refractivity contribution in [3.05, 3.63) is 83.2 Å². The summed E-state index contributed by atoms with van der Waals surface area (Å²) in [5.74, 6) is -0.374. The van der Waals surface area contributed by atoms with Gasteiger partial charge in [-0.2, -0.15) is 0 Å². The molecule has 0 amide bonds. The maximum Gasteiger partial charge on any atom is 0.303 e. The molecule has 1 unspecified atom stereocenters. The van der Waals surface area contributed by atoms with E-state index in [9.17, 15) is 14.3 Å². The summed E-state index contributed by atoms with van der Waals surface area (Å²) in [5, 5.41) is 18.5. The second kappa shape index (κ2) is 9.86. The van der Waals surface area contributed by atoms with Crippen molar-refractivity contribution in [1.29, 1.82) is 0 Å². The number of ether oxygens (including phenoxy) is 1. The second-order valence-electron chi connectivity index (χ2n) is 8.33. The van der Waals surface area contributed by atoms with Crippen LogP contribution in [0.25, 0.3) is 11.1 Å². The Morgan fingerprint density at radius 3 is 2.44 bits per heavy atom. The molecule has 3 aromatic carbocycles. The number of carboxylic acid groups (broad SMARTS) is 1. The lowest BCUT2D eigenvalue weighted by Crippen LogP contribution is -2.15. The molecule has 5 rings (SSSR count). The molecule has 1 fully saturated rings. The van der Waals surface area contributed by atoms with Gasteiger partial charge in [-0.1, -0.05) is 55.7 Å². The Kier molecular flexibility index (Phi) is 6.74. The summed E-state index contributed by atoms with van der Waals surface area (Å²) in [6.45, 7) is 0. The molecular formula is C27H27FO4. The number of aromatic hydroxyl groups is 1. The Balaban J connectivity index is 0.000000754. The van der Waals surface area contributed by atoms with E-state index in [0.717, 1.165) is 35.3 Å². The van der Waals surface area contributed by atoms with Crippen LogP contribution in [0, 0.1) is 5.82 Å². The Labute approximate surface area is 187 Å². The number of aliphatic carboxylic acids is 1. The molecule has 1 aliphatic heterocycles. The van der Waals surface area contributed by atoms with Gasteiger partial charge in [0.1, 0.15) is 23.4 Å². The number of phenols is 1. The third-order valence-electron chi connectivity index (χ3n) is 5.60. The Morgan fingerprint density at radius 2 is 1.75 bits per heavy atom. The number of rotatable bonds is 5. The van der Waals surface area contributed by atoms with Crippen molar-refractivity contribution in [2.24, 2.45) is 0 Å². The lowest BCUT2D eigenvalue weighted by atomic mass is 9.94. The van der Waals surface area contributed by atoms with Crippen molar-refractivity contribution >= 4 is 5.97 Å². The van der Waals surface area contributed by atoms with Gasteiger partial charge >= 0.3 is 5.97 Å². The molecule has 3 aromatic rings. The van der Waals surface area contributed by atoms with Crippen LogP contribution in [0.2, 0.25) is 0 Å². The van der Waals surface area contributed by atoms with E-state index in [1.54, 1.807) is 0 Å². The number of halogens is 1. The van der Waals surface area contributed by atoms with Crippen LogP contribution in [0.5, 0.6) is 11.5 Å². The average molecular weight is 435 g/mol. The standard InChI is InChI=1S/C24H21FO4.C3H6/c25-21-10-9-19(26)14-20(21)16-4-6-17(7-5-16)22-11-8-18-3-1-15(2-12-24(27)28)13-23(18)29-22;1-2-3-1/h1,3-7,9-10,13-14,22,26H,2,8,11-12H2,(H,27,28);1-3H2. The highest BCUT2D eigenvalue weighted by molar-refractivity contribution is 5.67. The van der Waals surface area contributed by atoms with Gasteiger partial charge in [-0.3, -0.25) is 4.79 Å². The first-order chi connectivity index (χ1) is 15.5. The van der Waals surface area contributed by atoms with Gasteiger partial charge in [0, 0.05) is 12.0 Å². The molecule has 0 spiro atoms. The van der Waals surface area contributed by atoms with Crippen LogP contribution in [0.1, 0.15) is 54.9 Å². The van der Waals surface area contributed by atoms with Gasteiger partial charge in [0.05, 0.1) is 0 Å². The number of carboxylic acids is 1. The summed E-state index contributed by atoms with van der Waals surface area (Å²) in [5.41, 5.74) is 4.11. The lowest BCUT2D eigenvalue weighted by Gasteiger charge is -2.27. The largest absolute Gasteiger partial charge is 0.508 e. The summed E-state index contributed by atoms with van der Waals surface area (Å²) < 4.78 is 20.2. The van der Waals surface area contributed by atoms with Gasteiger partial charge in [0.25, 0.3) is 0 Å². The summed E-state index contributed by atoms with van der Waals surface area (Å²) in [6, 6.07) is 17.4. The van der Waals surface area contributed by atoms with E-state index in [0.29, 0.717) is 17.5 Å². The van der Waals surface area contributed by atoms with Crippen LogP contribution in [-0.4, -0.2) is 16.2 Å². The van der Waals surface area contributed by atoms with E-state index in [-0.39, 0.29) is 24.1 Å². The number of hydrogen-bond donors (Lipinski definition) is 2. The highest BCUT2D eigenvalue weighted by Gasteiger charge is 2.22. The molecule has 0 radical (unpaired) electrons. The number of phenolic OH excluding ortho intramolecular Hbond substituents is 1. The van der Waals surface area contributed by atoms with Gasteiger partial charge in [-0.05, 0) is 65.8 Å². The monoisotopic (exact) mass is 434 g/mol. The van der Waals surface area contributed by atoms with Crippen molar-refractivity contribution in [1.82, 2.24) is 0 Å². The van der Waals surface area contributed by atoms with Crippen molar-refractivity contribution < 1.29 is 24.1 Å². The molecule has 0 bridgehead atoms. The number of aryl methyl sites for hydroxylation is 2. The van der Waals surface area contributed by atoms with Crippen molar-refractivity contribution in [2.45, 2.75) is 51.0 Å². The van der Waals surface area contributed by atoms with Gasteiger partial charge in [-0.25, -0.2) is 4.39 Å². The highest BCUT2D eigenvalue weighted by Crippen LogP contribution is 2.36. The molecule has 1 aliphatic carbocycles. The van der Waals surface area contributed by atoms with E-state index in [1.165, 1.54) is 37.5 Å². The molecule has 4 nitrogen and oxygen atoms in total. The first kappa shape index (κ1) is 21.9. The third kappa shape index (κ3) is 5.67. The zero-order chi connectivity index (χ0) is 22.5. The molecule has 1 heterocycles. The molecule has 2 aliphatic rings. The Bertz CT molecular complexity index is 1090. The van der Waals surface area contributed by atoms with Crippen molar-refractivity contribution in [3.63, 3.8) is 0 Å². The first-order valence-corrected chi connectivity index (χ1v) is 11.1.